The SMILES string of the molecule is CC1CCC(CN2C3NCCCC3CC2C(C)(C)C)CC1. The molecule has 0 aromatic carbocycles. The first-order valence-corrected chi connectivity index (χ1v) is 9.44. The van der Waals surface area contributed by atoms with Gasteiger partial charge in [-0.3, -0.25) is 4.90 Å². The van der Waals surface area contributed by atoms with Crippen LogP contribution in [-0.2, 0) is 0 Å². The van der Waals surface area contributed by atoms with Gasteiger partial charge in [0.1, 0.15) is 0 Å². The van der Waals surface area contributed by atoms with Gasteiger partial charge in [-0.05, 0) is 61.8 Å². The molecular weight excluding hydrogens is 256 g/mol. The number of hydrogen-bond donors (Lipinski definition) is 1. The smallest absolute Gasteiger partial charge is 0.0629 e. The summed E-state index contributed by atoms with van der Waals surface area (Å²) in [5.41, 5.74) is 0.418. The Hall–Kier alpha value is -0.0800. The molecule has 1 N–H and O–H groups in total. The fraction of sp³-hybridized carbons (Fsp3) is 1.00. The summed E-state index contributed by atoms with van der Waals surface area (Å²) >= 11 is 0. The van der Waals surface area contributed by atoms with E-state index in [9.17, 15) is 0 Å². The first kappa shape index (κ1) is 15.8. The molecule has 2 heterocycles. The zero-order chi connectivity index (χ0) is 15.0. The van der Waals surface area contributed by atoms with Crippen LogP contribution < -0.4 is 5.32 Å². The molecule has 122 valence electrons. The zero-order valence-corrected chi connectivity index (χ0v) is 14.7. The molecule has 2 heteroatoms. The normalized spacial score (nSPS) is 42.0. The summed E-state index contributed by atoms with van der Waals surface area (Å²) in [6.45, 7) is 12.4. The Morgan fingerprint density at radius 1 is 1.05 bits per heavy atom. The summed E-state index contributed by atoms with van der Waals surface area (Å²) in [6.07, 6.45) is 10.8. The third kappa shape index (κ3) is 3.47. The molecule has 3 atom stereocenters. The summed E-state index contributed by atoms with van der Waals surface area (Å²) in [5.74, 6) is 2.83. The molecule has 2 nitrogen and oxygen atoms in total. The molecule has 0 radical (unpaired) electrons. The van der Waals surface area contributed by atoms with Crippen molar-refractivity contribution in [2.45, 2.75) is 84.8 Å². The minimum atomic E-state index is 0.418. The van der Waals surface area contributed by atoms with Crippen molar-refractivity contribution in [2.75, 3.05) is 13.1 Å². The number of nitrogens with zero attached hydrogens (tertiary/aromatic N) is 1. The van der Waals surface area contributed by atoms with Crippen LogP contribution in [0.1, 0.15) is 72.6 Å². The fourth-order valence-corrected chi connectivity index (χ4v) is 5.09. The van der Waals surface area contributed by atoms with Gasteiger partial charge < -0.3 is 5.32 Å². The molecule has 3 fully saturated rings. The molecule has 0 amide bonds. The van der Waals surface area contributed by atoms with Crippen molar-refractivity contribution in [3.05, 3.63) is 0 Å². The third-order valence-electron chi connectivity index (χ3n) is 6.44. The van der Waals surface area contributed by atoms with Gasteiger partial charge >= 0.3 is 0 Å². The van der Waals surface area contributed by atoms with Gasteiger partial charge in [-0.2, -0.15) is 0 Å². The number of hydrogen-bond acceptors (Lipinski definition) is 2. The number of fused-ring (bicyclic) bond motifs is 1. The summed E-state index contributed by atoms with van der Waals surface area (Å²) in [5, 5.41) is 3.86. The maximum Gasteiger partial charge on any atom is 0.0629 e. The molecule has 21 heavy (non-hydrogen) atoms. The number of piperidine rings is 1. The van der Waals surface area contributed by atoms with Gasteiger partial charge in [0, 0.05) is 12.6 Å². The highest BCUT2D eigenvalue weighted by molar-refractivity contribution is 4.99. The van der Waals surface area contributed by atoms with E-state index in [2.05, 4.69) is 37.9 Å². The second kappa shape index (κ2) is 6.20. The van der Waals surface area contributed by atoms with Gasteiger partial charge in [0.2, 0.25) is 0 Å². The Labute approximate surface area is 132 Å². The largest absolute Gasteiger partial charge is 0.301 e. The van der Waals surface area contributed by atoms with Gasteiger partial charge in [-0.25, -0.2) is 0 Å². The molecule has 0 bridgehead atoms. The molecular formula is C19H36N2. The van der Waals surface area contributed by atoms with E-state index in [1.807, 2.05) is 0 Å². The lowest BCUT2D eigenvalue weighted by Crippen LogP contribution is -2.53. The van der Waals surface area contributed by atoms with Gasteiger partial charge in [-0.1, -0.05) is 40.5 Å². The topological polar surface area (TPSA) is 15.3 Å². The van der Waals surface area contributed by atoms with Crippen LogP contribution in [0, 0.1) is 23.2 Å². The van der Waals surface area contributed by atoms with Crippen LogP contribution in [0.3, 0.4) is 0 Å². The molecule has 3 aliphatic rings. The van der Waals surface area contributed by atoms with E-state index < -0.39 is 0 Å². The van der Waals surface area contributed by atoms with Crippen molar-refractivity contribution in [3.8, 4) is 0 Å². The molecule has 2 saturated heterocycles. The molecule has 0 aromatic rings. The van der Waals surface area contributed by atoms with E-state index in [0.29, 0.717) is 11.6 Å². The third-order valence-corrected chi connectivity index (χ3v) is 6.44. The van der Waals surface area contributed by atoms with E-state index in [4.69, 9.17) is 0 Å². The molecule has 2 aliphatic heterocycles. The first-order chi connectivity index (χ1) is 9.95. The quantitative estimate of drug-likeness (QED) is 0.818. The van der Waals surface area contributed by atoms with Crippen LogP contribution in [0.15, 0.2) is 0 Å². The molecule has 0 spiro atoms. The van der Waals surface area contributed by atoms with Gasteiger partial charge in [-0.15, -0.1) is 0 Å². The van der Waals surface area contributed by atoms with Crippen LogP contribution in [0.5, 0.6) is 0 Å². The molecule has 3 unspecified atom stereocenters. The summed E-state index contributed by atoms with van der Waals surface area (Å²) in [4.78, 5) is 2.89. The van der Waals surface area contributed by atoms with E-state index >= 15 is 0 Å². The average molecular weight is 293 g/mol. The van der Waals surface area contributed by atoms with Crippen molar-refractivity contribution in [2.24, 2.45) is 23.2 Å². The van der Waals surface area contributed by atoms with E-state index in [1.54, 1.807) is 0 Å². The summed E-state index contributed by atoms with van der Waals surface area (Å²) in [6, 6.07) is 0.775. The van der Waals surface area contributed by atoms with E-state index in [1.165, 1.54) is 58.0 Å². The predicted molar refractivity (Wildman–Crippen MR) is 90.2 cm³/mol. The number of likely N-dealkylation sites (tertiary alicyclic amines) is 1. The standard InChI is InChI=1S/C19H36N2/c1-14-7-9-15(10-8-14)13-21-17(19(2,3)4)12-16-6-5-11-20-18(16)21/h14-18,20H,5-13H2,1-4H3. The lowest BCUT2D eigenvalue weighted by molar-refractivity contribution is 0.0563. The predicted octanol–water partition coefficient (Wildman–Crippen LogP) is 4.26. The minimum Gasteiger partial charge on any atom is -0.301 e. The van der Waals surface area contributed by atoms with Crippen molar-refractivity contribution in [1.82, 2.24) is 10.2 Å². The second-order valence-corrected chi connectivity index (χ2v) is 9.24. The molecule has 1 saturated carbocycles. The fourth-order valence-electron chi connectivity index (χ4n) is 5.09. The molecule has 1 aliphatic carbocycles. The Morgan fingerprint density at radius 3 is 2.43 bits per heavy atom. The minimum absolute atomic E-state index is 0.418. The van der Waals surface area contributed by atoms with Crippen molar-refractivity contribution in [1.29, 1.82) is 0 Å². The lowest BCUT2D eigenvalue weighted by Gasteiger charge is -2.42. The molecule has 0 aromatic heterocycles. The van der Waals surface area contributed by atoms with Crippen LogP contribution in [0.4, 0.5) is 0 Å². The Balaban J connectivity index is 1.69. The number of nitrogens with one attached hydrogen (secondary N) is 1. The molecule has 3 rings (SSSR count). The Morgan fingerprint density at radius 2 is 1.76 bits per heavy atom. The van der Waals surface area contributed by atoms with Crippen molar-refractivity contribution in [3.63, 3.8) is 0 Å². The monoisotopic (exact) mass is 292 g/mol. The highest BCUT2D eigenvalue weighted by Gasteiger charge is 2.46. The summed E-state index contributed by atoms with van der Waals surface area (Å²) in [7, 11) is 0. The maximum absolute atomic E-state index is 3.86. The first-order valence-electron chi connectivity index (χ1n) is 9.44. The zero-order valence-electron chi connectivity index (χ0n) is 14.7. The van der Waals surface area contributed by atoms with Gasteiger partial charge in [0.15, 0.2) is 0 Å². The average Bonchev–Trinajstić information content (AvgIpc) is 2.81. The Bertz CT molecular complexity index is 338. The summed E-state index contributed by atoms with van der Waals surface area (Å²) < 4.78 is 0. The van der Waals surface area contributed by atoms with E-state index in [0.717, 1.165) is 23.8 Å². The Kier molecular flexibility index (Phi) is 4.66. The van der Waals surface area contributed by atoms with Crippen LogP contribution in [0.2, 0.25) is 0 Å². The second-order valence-electron chi connectivity index (χ2n) is 9.24. The van der Waals surface area contributed by atoms with Crippen LogP contribution in [-0.4, -0.2) is 30.2 Å². The highest BCUT2D eigenvalue weighted by Crippen LogP contribution is 2.43. The van der Waals surface area contributed by atoms with Crippen molar-refractivity contribution >= 4 is 0 Å². The van der Waals surface area contributed by atoms with Crippen molar-refractivity contribution < 1.29 is 0 Å². The van der Waals surface area contributed by atoms with Crippen LogP contribution in [0.25, 0.3) is 0 Å². The highest BCUT2D eigenvalue weighted by atomic mass is 15.3. The van der Waals surface area contributed by atoms with Gasteiger partial charge in [0.25, 0.3) is 0 Å². The number of rotatable bonds is 2. The van der Waals surface area contributed by atoms with Crippen LogP contribution >= 0.6 is 0 Å². The lowest BCUT2D eigenvalue weighted by atomic mass is 9.81. The maximum atomic E-state index is 3.86. The van der Waals surface area contributed by atoms with E-state index in [-0.39, 0.29) is 0 Å². The van der Waals surface area contributed by atoms with Gasteiger partial charge in [0.05, 0.1) is 6.17 Å².